The topological polar surface area (TPSA) is 76.1 Å². The molecule has 4 rings (SSSR count). The van der Waals surface area contributed by atoms with Crippen LogP contribution in [-0.2, 0) is 16.2 Å². The van der Waals surface area contributed by atoms with Crippen molar-refractivity contribution in [3.8, 4) is 11.5 Å². The molecular formula is C27H22ClNO5S2. The van der Waals surface area contributed by atoms with Crippen LogP contribution >= 0.6 is 35.6 Å². The molecule has 0 aromatic heterocycles. The van der Waals surface area contributed by atoms with Gasteiger partial charge in [-0.3, -0.25) is 9.69 Å². The van der Waals surface area contributed by atoms with E-state index in [0.29, 0.717) is 45.8 Å². The fourth-order valence-corrected chi connectivity index (χ4v) is 5.07. The Hall–Kier alpha value is -3.33. The molecule has 0 bridgehead atoms. The van der Waals surface area contributed by atoms with E-state index >= 15 is 0 Å². The Labute approximate surface area is 223 Å². The van der Waals surface area contributed by atoms with Crippen LogP contribution in [0.5, 0.6) is 11.5 Å². The first kappa shape index (κ1) is 25.8. The summed E-state index contributed by atoms with van der Waals surface area (Å²) in [5.41, 5.74) is 2.13. The van der Waals surface area contributed by atoms with Crippen LogP contribution in [0.2, 0.25) is 5.02 Å². The number of carbonyl (C=O) groups is 2. The average molecular weight is 540 g/mol. The van der Waals surface area contributed by atoms with Crippen LogP contribution in [0.3, 0.4) is 0 Å². The zero-order valence-electron chi connectivity index (χ0n) is 19.2. The first-order valence-electron chi connectivity index (χ1n) is 11.1. The van der Waals surface area contributed by atoms with E-state index in [-0.39, 0.29) is 4.32 Å². The predicted octanol–water partition coefficient (Wildman–Crippen LogP) is 6.34. The van der Waals surface area contributed by atoms with E-state index in [1.807, 2.05) is 19.1 Å². The molecule has 6 nitrogen and oxygen atoms in total. The highest BCUT2D eigenvalue weighted by Crippen LogP contribution is 2.39. The number of nitrogens with zero attached hydrogens (tertiary/aromatic N) is 1. The Morgan fingerprint density at radius 1 is 1.08 bits per heavy atom. The summed E-state index contributed by atoms with van der Waals surface area (Å²) in [6.45, 7) is 2.64. The van der Waals surface area contributed by atoms with E-state index in [9.17, 15) is 14.7 Å². The maximum Gasteiger partial charge on any atom is 0.331 e. The number of benzene rings is 3. The Kier molecular flexibility index (Phi) is 8.30. The van der Waals surface area contributed by atoms with Crippen molar-refractivity contribution >= 4 is 57.9 Å². The maximum atomic E-state index is 13.2. The number of halogens is 1. The Bertz CT molecular complexity index is 1310. The SMILES string of the molecule is CCOc1cc(/C=C2/SC(=S)N(C(C(=O)O)c3ccccc3)C2=O)ccc1OCc1ccc(Cl)cc1. The summed E-state index contributed by atoms with van der Waals surface area (Å²) in [6, 6.07) is 20.1. The largest absolute Gasteiger partial charge is 0.490 e. The lowest BCUT2D eigenvalue weighted by Crippen LogP contribution is -2.37. The number of hydrogen-bond acceptors (Lipinski definition) is 6. The van der Waals surface area contributed by atoms with E-state index in [4.69, 9.17) is 33.3 Å². The van der Waals surface area contributed by atoms with Crippen LogP contribution < -0.4 is 9.47 Å². The van der Waals surface area contributed by atoms with E-state index in [1.54, 1.807) is 66.7 Å². The van der Waals surface area contributed by atoms with Gasteiger partial charge in [-0.2, -0.15) is 0 Å². The van der Waals surface area contributed by atoms with Gasteiger partial charge in [0.05, 0.1) is 11.5 Å². The number of rotatable bonds is 9. The van der Waals surface area contributed by atoms with Gasteiger partial charge < -0.3 is 14.6 Å². The van der Waals surface area contributed by atoms with Crippen molar-refractivity contribution in [2.24, 2.45) is 0 Å². The van der Waals surface area contributed by atoms with Gasteiger partial charge in [0, 0.05) is 5.02 Å². The van der Waals surface area contributed by atoms with Gasteiger partial charge in [-0.1, -0.05) is 84.1 Å². The summed E-state index contributed by atoms with van der Waals surface area (Å²) >= 11 is 12.4. The third kappa shape index (κ3) is 5.90. The number of ether oxygens (including phenoxy) is 2. The molecule has 1 aliphatic rings. The van der Waals surface area contributed by atoms with Gasteiger partial charge in [-0.25, -0.2) is 4.79 Å². The smallest absolute Gasteiger partial charge is 0.331 e. The van der Waals surface area contributed by atoms with Crippen LogP contribution in [-0.4, -0.2) is 32.8 Å². The zero-order valence-corrected chi connectivity index (χ0v) is 21.6. The molecule has 1 aliphatic heterocycles. The molecule has 1 fully saturated rings. The van der Waals surface area contributed by atoms with Crippen LogP contribution in [0.1, 0.15) is 29.7 Å². The molecule has 1 unspecified atom stereocenters. The van der Waals surface area contributed by atoms with Gasteiger partial charge >= 0.3 is 5.97 Å². The Balaban J connectivity index is 1.56. The summed E-state index contributed by atoms with van der Waals surface area (Å²) in [4.78, 5) is 26.8. The van der Waals surface area contributed by atoms with E-state index in [2.05, 4.69) is 0 Å². The molecule has 9 heteroatoms. The lowest BCUT2D eigenvalue weighted by atomic mass is 10.1. The van der Waals surface area contributed by atoms with Crippen molar-refractivity contribution in [2.75, 3.05) is 6.61 Å². The predicted molar refractivity (Wildman–Crippen MR) is 145 cm³/mol. The molecule has 1 N–H and O–H groups in total. The number of carbonyl (C=O) groups excluding carboxylic acids is 1. The fraction of sp³-hybridized carbons (Fsp3) is 0.148. The Morgan fingerprint density at radius 3 is 2.47 bits per heavy atom. The molecule has 1 heterocycles. The minimum Gasteiger partial charge on any atom is -0.490 e. The average Bonchev–Trinajstić information content (AvgIpc) is 3.13. The fourth-order valence-electron chi connectivity index (χ4n) is 3.63. The second-order valence-electron chi connectivity index (χ2n) is 7.76. The number of carboxylic acids is 1. The van der Waals surface area contributed by atoms with Crippen molar-refractivity contribution < 1.29 is 24.2 Å². The van der Waals surface area contributed by atoms with E-state index in [1.165, 1.54) is 0 Å². The van der Waals surface area contributed by atoms with Crippen molar-refractivity contribution in [3.63, 3.8) is 0 Å². The highest BCUT2D eigenvalue weighted by molar-refractivity contribution is 8.26. The normalized spacial score (nSPS) is 15.3. The highest BCUT2D eigenvalue weighted by Gasteiger charge is 2.41. The second-order valence-corrected chi connectivity index (χ2v) is 9.87. The molecule has 36 heavy (non-hydrogen) atoms. The van der Waals surface area contributed by atoms with Gasteiger partial charge in [0.15, 0.2) is 17.5 Å². The summed E-state index contributed by atoms with van der Waals surface area (Å²) in [5, 5.41) is 10.5. The highest BCUT2D eigenvalue weighted by atomic mass is 35.5. The third-order valence-corrected chi connectivity index (χ3v) is 6.89. The molecule has 0 radical (unpaired) electrons. The van der Waals surface area contributed by atoms with Gasteiger partial charge in [0.1, 0.15) is 10.9 Å². The summed E-state index contributed by atoms with van der Waals surface area (Å²) < 4.78 is 11.9. The Morgan fingerprint density at radius 2 is 1.81 bits per heavy atom. The second kappa shape index (κ2) is 11.6. The number of thiocarbonyl (C=S) groups is 1. The number of hydrogen-bond donors (Lipinski definition) is 1. The first-order valence-corrected chi connectivity index (χ1v) is 12.7. The quantitative estimate of drug-likeness (QED) is 0.251. The van der Waals surface area contributed by atoms with E-state index < -0.39 is 17.9 Å². The standard InChI is InChI=1S/C27H22ClNO5S2/c1-2-33-22-14-18(10-13-21(22)34-16-17-8-11-20(28)12-9-17)15-23-25(30)29(27(35)36-23)24(26(31)32)19-6-4-3-5-7-19/h3-15,24H,2,16H2,1H3,(H,31,32)/b23-15+. The van der Waals surface area contributed by atoms with Gasteiger partial charge in [-0.15, -0.1) is 0 Å². The molecule has 184 valence electrons. The number of amides is 1. The van der Waals surface area contributed by atoms with Crippen molar-refractivity contribution in [3.05, 3.63) is 99.4 Å². The van der Waals surface area contributed by atoms with Crippen molar-refractivity contribution in [2.45, 2.75) is 19.6 Å². The van der Waals surface area contributed by atoms with Crippen molar-refractivity contribution in [1.29, 1.82) is 0 Å². The molecule has 3 aromatic carbocycles. The molecule has 0 spiro atoms. The summed E-state index contributed by atoms with van der Waals surface area (Å²) in [5.74, 6) is -0.517. The van der Waals surface area contributed by atoms with Crippen LogP contribution in [0.15, 0.2) is 77.7 Å². The first-order chi connectivity index (χ1) is 17.4. The lowest BCUT2D eigenvalue weighted by Gasteiger charge is -2.23. The molecule has 1 atom stereocenters. The van der Waals surface area contributed by atoms with Crippen LogP contribution in [0.25, 0.3) is 6.08 Å². The molecule has 3 aromatic rings. The lowest BCUT2D eigenvalue weighted by molar-refractivity contribution is -0.145. The van der Waals surface area contributed by atoms with Gasteiger partial charge in [0.2, 0.25) is 0 Å². The minimum absolute atomic E-state index is 0.190. The molecular weight excluding hydrogens is 518 g/mol. The molecule has 0 aliphatic carbocycles. The maximum absolute atomic E-state index is 13.2. The third-order valence-electron chi connectivity index (χ3n) is 5.30. The number of carboxylic acid groups (broad SMARTS) is 1. The molecule has 1 amide bonds. The zero-order chi connectivity index (χ0) is 25.7. The van der Waals surface area contributed by atoms with Crippen LogP contribution in [0, 0.1) is 0 Å². The summed E-state index contributed by atoms with van der Waals surface area (Å²) in [6.07, 6.45) is 1.68. The monoisotopic (exact) mass is 539 g/mol. The minimum atomic E-state index is -1.20. The van der Waals surface area contributed by atoms with Gasteiger partial charge in [-0.05, 0) is 54.0 Å². The van der Waals surface area contributed by atoms with Crippen molar-refractivity contribution in [1.82, 2.24) is 4.90 Å². The van der Waals surface area contributed by atoms with Crippen LogP contribution in [0.4, 0.5) is 0 Å². The van der Waals surface area contributed by atoms with E-state index in [0.717, 1.165) is 22.2 Å². The molecule has 1 saturated heterocycles. The molecule has 0 saturated carbocycles. The number of thioether (sulfide) groups is 1. The summed E-state index contributed by atoms with van der Waals surface area (Å²) in [7, 11) is 0. The van der Waals surface area contributed by atoms with Gasteiger partial charge in [0.25, 0.3) is 5.91 Å². The number of aliphatic carboxylic acids is 1.